The second kappa shape index (κ2) is 4.41. The lowest BCUT2D eigenvalue weighted by atomic mass is 10.2. The topological polar surface area (TPSA) is 38.5 Å². The molecule has 1 fully saturated rings. The number of morpholine rings is 1. The first-order valence-corrected chi connectivity index (χ1v) is 5.87. The number of halogens is 1. The number of hydrogen-bond acceptors (Lipinski definition) is 3. The summed E-state index contributed by atoms with van der Waals surface area (Å²) < 4.78 is 6.47. The molecule has 1 aliphatic rings. The van der Waals surface area contributed by atoms with E-state index in [9.17, 15) is 0 Å². The number of hydrogen-bond donors (Lipinski definition) is 1. The van der Waals surface area contributed by atoms with Crippen molar-refractivity contribution in [2.75, 3.05) is 30.4 Å². The Kier molecular flexibility index (Phi) is 3.17. The lowest BCUT2D eigenvalue weighted by Crippen LogP contribution is -2.44. The minimum Gasteiger partial charge on any atom is -0.397 e. The van der Waals surface area contributed by atoms with E-state index in [4.69, 9.17) is 10.5 Å². The minimum atomic E-state index is 0.385. The molecule has 0 spiro atoms. The summed E-state index contributed by atoms with van der Waals surface area (Å²) in [6.07, 6.45) is 0. The molecule has 1 aromatic rings. The van der Waals surface area contributed by atoms with Crippen LogP contribution in [-0.4, -0.2) is 25.8 Å². The molecule has 0 radical (unpaired) electrons. The van der Waals surface area contributed by atoms with Gasteiger partial charge in [-0.2, -0.15) is 0 Å². The van der Waals surface area contributed by atoms with Crippen LogP contribution in [0.2, 0.25) is 0 Å². The van der Waals surface area contributed by atoms with Gasteiger partial charge in [0.15, 0.2) is 0 Å². The van der Waals surface area contributed by atoms with Gasteiger partial charge in [0.25, 0.3) is 0 Å². The van der Waals surface area contributed by atoms with Crippen LogP contribution in [0, 0.1) is 0 Å². The molecule has 1 saturated heterocycles. The Morgan fingerprint density at radius 1 is 1.53 bits per heavy atom. The highest BCUT2D eigenvalue weighted by atomic mass is 79.9. The van der Waals surface area contributed by atoms with Gasteiger partial charge < -0.3 is 15.4 Å². The maximum atomic E-state index is 5.98. The lowest BCUT2D eigenvalue weighted by molar-refractivity contribution is 0.0990. The molecule has 82 valence electrons. The lowest BCUT2D eigenvalue weighted by Gasteiger charge is -2.36. The predicted molar refractivity (Wildman–Crippen MR) is 66.2 cm³/mol. The largest absolute Gasteiger partial charge is 0.397 e. The Morgan fingerprint density at radius 3 is 3.07 bits per heavy atom. The van der Waals surface area contributed by atoms with Gasteiger partial charge in [0.1, 0.15) is 0 Å². The molecule has 0 saturated carbocycles. The van der Waals surface area contributed by atoms with Crippen LogP contribution in [-0.2, 0) is 4.74 Å². The molecule has 2 N–H and O–H groups in total. The summed E-state index contributed by atoms with van der Waals surface area (Å²) in [6, 6.07) is 6.35. The molecule has 1 atom stereocenters. The molecule has 0 amide bonds. The van der Waals surface area contributed by atoms with Crippen molar-refractivity contribution in [3.05, 3.63) is 22.7 Å². The molecule has 3 nitrogen and oxygen atoms in total. The Hall–Kier alpha value is -0.740. The molecule has 15 heavy (non-hydrogen) atoms. The second-order valence-electron chi connectivity index (χ2n) is 3.82. The fraction of sp³-hybridized carbons (Fsp3) is 0.455. The van der Waals surface area contributed by atoms with Crippen molar-refractivity contribution in [3.8, 4) is 0 Å². The van der Waals surface area contributed by atoms with E-state index in [-0.39, 0.29) is 0 Å². The van der Waals surface area contributed by atoms with Crippen molar-refractivity contribution < 1.29 is 4.74 Å². The summed E-state index contributed by atoms with van der Waals surface area (Å²) in [5.74, 6) is 0. The van der Waals surface area contributed by atoms with Crippen LogP contribution in [0.1, 0.15) is 6.92 Å². The van der Waals surface area contributed by atoms with E-state index in [1.165, 1.54) is 0 Å². The average molecular weight is 271 g/mol. The molecule has 1 heterocycles. The highest BCUT2D eigenvalue weighted by Gasteiger charge is 2.20. The molecular weight excluding hydrogens is 256 g/mol. The molecule has 1 aromatic carbocycles. The van der Waals surface area contributed by atoms with Crippen molar-refractivity contribution in [2.45, 2.75) is 13.0 Å². The van der Waals surface area contributed by atoms with Crippen molar-refractivity contribution in [1.82, 2.24) is 0 Å². The Balaban J connectivity index is 2.30. The molecule has 4 heteroatoms. The van der Waals surface area contributed by atoms with E-state index in [0.29, 0.717) is 6.04 Å². The monoisotopic (exact) mass is 270 g/mol. The number of nitrogens with two attached hydrogens (primary N) is 1. The summed E-state index contributed by atoms with van der Waals surface area (Å²) in [5.41, 5.74) is 7.90. The molecule has 0 aliphatic carbocycles. The summed E-state index contributed by atoms with van der Waals surface area (Å²) in [5, 5.41) is 0. The summed E-state index contributed by atoms with van der Waals surface area (Å²) in [4.78, 5) is 2.30. The first-order chi connectivity index (χ1) is 7.18. The average Bonchev–Trinajstić information content (AvgIpc) is 2.23. The fourth-order valence-electron chi connectivity index (χ4n) is 1.85. The Morgan fingerprint density at radius 2 is 2.33 bits per heavy atom. The van der Waals surface area contributed by atoms with Gasteiger partial charge in [0.05, 0.1) is 24.6 Å². The normalized spacial score (nSPS) is 21.7. The summed E-state index contributed by atoms with van der Waals surface area (Å²) in [7, 11) is 0. The van der Waals surface area contributed by atoms with Crippen LogP contribution in [0.25, 0.3) is 0 Å². The van der Waals surface area contributed by atoms with Gasteiger partial charge in [0, 0.05) is 17.1 Å². The zero-order chi connectivity index (χ0) is 10.8. The van der Waals surface area contributed by atoms with E-state index >= 15 is 0 Å². The van der Waals surface area contributed by atoms with E-state index < -0.39 is 0 Å². The van der Waals surface area contributed by atoms with E-state index in [2.05, 4.69) is 33.8 Å². The molecule has 0 bridgehead atoms. The molecule has 1 unspecified atom stereocenters. The highest BCUT2D eigenvalue weighted by molar-refractivity contribution is 9.10. The van der Waals surface area contributed by atoms with E-state index in [1.54, 1.807) is 0 Å². The van der Waals surface area contributed by atoms with Crippen molar-refractivity contribution in [1.29, 1.82) is 0 Å². The number of benzene rings is 1. The first-order valence-electron chi connectivity index (χ1n) is 5.08. The van der Waals surface area contributed by atoms with E-state index in [1.807, 2.05) is 12.1 Å². The summed E-state index contributed by atoms with van der Waals surface area (Å²) >= 11 is 3.47. The smallest absolute Gasteiger partial charge is 0.0668 e. The number of nitrogens with zero attached hydrogens (tertiary/aromatic N) is 1. The van der Waals surface area contributed by atoms with E-state index in [0.717, 1.165) is 35.6 Å². The Bertz CT molecular complexity index is 356. The van der Waals surface area contributed by atoms with Crippen LogP contribution in [0.5, 0.6) is 0 Å². The van der Waals surface area contributed by atoms with Crippen LogP contribution < -0.4 is 10.6 Å². The van der Waals surface area contributed by atoms with Gasteiger partial charge in [-0.3, -0.25) is 0 Å². The van der Waals surface area contributed by atoms with Gasteiger partial charge in [-0.25, -0.2) is 0 Å². The van der Waals surface area contributed by atoms with Gasteiger partial charge in [-0.1, -0.05) is 15.9 Å². The third-order valence-corrected chi connectivity index (χ3v) is 3.16. The predicted octanol–water partition coefficient (Wildman–Crippen LogP) is 2.26. The molecule has 1 aliphatic heterocycles. The fourth-order valence-corrected chi connectivity index (χ4v) is 2.20. The zero-order valence-corrected chi connectivity index (χ0v) is 10.3. The molecular formula is C11H15BrN2O. The number of nitrogen functional groups attached to an aromatic ring is 1. The maximum absolute atomic E-state index is 5.98. The van der Waals surface area contributed by atoms with Gasteiger partial charge in [-0.05, 0) is 25.1 Å². The van der Waals surface area contributed by atoms with Crippen molar-refractivity contribution in [2.24, 2.45) is 0 Å². The minimum absolute atomic E-state index is 0.385. The van der Waals surface area contributed by atoms with Crippen LogP contribution >= 0.6 is 15.9 Å². The molecule has 0 aromatic heterocycles. The number of rotatable bonds is 1. The van der Waals surface area contributed by atoms with Gasteiger partial charge >= 0.3 is 0 Å². The van der Waals surface area contributed by atoms with Crippen molar-refractivity contribution >= 4 is 27.3 Å². The number of ether oxygens (including phenoxy) is 1. The standard InChI is InChI=1S/C11H15BrN2O/c1-8-7-15-5-4-14(8)11-6-9(12)2-3-10(11)13/h2-3,6,8H,4-5,7,13H2,1H3. The van der Waals surface area contributed by atoms with Gasteiger partial charge in [0.2, 0.25) is 0 Å². The van der Waals surface area contributed by atoms with Crippen LogP contribution in [0.3, 0.4) is 0 Å². The third-order valence-electron chi connectivity index (χ3n) is 2.67. The first kappa shape index (κ1) is 10.8. The van der Waals surface area contributed by atoms with Crippen LogP contribution in [0.4, 0.5) is 11.4 Å². The Labute approximate surface area is 98.3 Å². The third kappa shape index (κ3) is 2.26. The summed E-state index contributed by atoms with van der Waals surface area (Å²) in [6.45, 7) is 4.60. The second-order valence-corrected chi connectivity index (χ2v) is 4.74. The SMILES string of the molecule is CC1COCCN1c1cc(Br)ccc1N. The van der Waals surface area contributed by atoms with Crippen LogP contribution in [0.15, 0.2) is 22.7 Å². The number of anilines is 2. The zero-order valence-electron chi connectivity index (χ0n) is 8.74. The van der Waals surface area contributed by atoms with Crippen molar-refractivity contribution in [3.63, 3.8) is 0 Å². The van der Waals surface area contributed by atoms with Gasteiger partial charge in [-0.15, -0.1) is 0 Å². The maximum Gasteiger partial charge on any atom is 0.0668 e. The quantitative estimate of drug-likeness (QED) is 0.796. The highest BCUT2D eigenvalue weighted by Crippen LogP contribution is 2.29. The molecule has 2 rings (SSSR count).